The molecule has 0 spiro atoms. The van der Waals surface area contributed by atoms with Crippen molar-refractivity contribution < 1.29 is 80.2 Å². The number of carbonyl (C=O) groups excluding carboxylic acids is 4. The van der Waals surface area contributed by atoms with Gasteiger partial charge in [-0.2, -0.15) is 0 Å². The first kappa shape index (κ1) is 98.5. The van der Waals surface area contributed by atoms with Crippen LogP contribution in [-0.2, 0) is 65.4 Å². The molecule has 0 saturated heterocycles. The van der Waals surface area contributed by atoms with Crippen LogP contribution >= 0.6 is 15.6 Å². The molecule has 0 fully saturated rings. The first-order valence-corrected chi connectivity index (χ1v) is 44.2. The average Bonchev–Trinajstić information content (AvgIpc) is 0.923. The molecule has 3 N–H and O–H groups in total. The van der Waals surface area contributed by atoms with Gasteiger partial charge in [0.1, 0.15) is 19.3 Å². The zero-order valence-corrected chi connectivity index (χ0v) is 66.8. The fourth-order valence-corrected chi connectivity index (χ4v) is 13.1. The number of hydrogen-bond donors (Lipinski definition) is 3. The summed E-state index contributed by atoms with van der Waals surface area (Å²) in [4.78, 5) is 73.1. The molecule has 5 atom stereocenters. The van der Waals surface area contributed by atoms with Gasteiger partial charge in [-0.05, 0) is 89.9 Å². The molecule has 17 nitrogen and oxygen atoms in total. The SMILES string of the molecule is CC/C=C\C/C=C\C/C=C\CCCCCCCCCC(=O)OCC(COP(=O)(O)OCC(O)COP(=O)(O)OCC(COC(=O)CCCCCCC/C=C\C/C=C\C/C=C\CC)OC(=O)CCCCCCCCCCCCCCCCC)OC(=O)CCCCCCCCCCCCCCCCC. The molecule has 0 radical (unpaired) electrons. The molecular weight excluding hydrogens is 1330 g/mol. The molecule has 0 aliphatic heterocycles. The lowest BCUT2D eigenvalue weighted by molar-refractivity contribution is -0.161. The van der Waals surface area contributed by atoms with E-state index >= 15 is 0 Å². The van der Waals surface area contributed by atoms with Crippen LogP contribution in [0, 0.1) is 0 Å². The van der Waals surface area contributed by atoms with Gasteiger partial charge >= 0.3 is 39.5 Å². The number of carbonyl (C=O) groups is 4. The highest BCUT2D eigenvalue weighted by Gasteiger charge is 2.30. The van der Waals surface area contributed by atoms with Crippen molar-refractivity contribution in [3.05, 3.63) is 72.9 Å². The second-order valence-corrected chi connectivity index (χ2v) is 30.6. The summed E-state index contributed by atoms with van der Waals surface area (Å²) in [5, 5.41) is 10.7. The van der Waals surface area contributed by atoms with Crippen LogP contribution in [0.3, 0.4) is 0 Å². The highest BCUT2D eigenvalue weighted by atomic mass is 31.2. The molecule has 0 aliphatic carbocycles. The molecule has 0 aromatic carbocycles. The van der Waals surface area contributed by atoms with Crippen LogP contribution in [-0.4, -0.2) is 96.7 Å². The Morgan fingerprint density at radius 1 is 0.284 bits per heavy atom. The first-order valence-electron chi connectivity index (χ1n) is 41.2. The molecule has 19 heteroatoms. The standard InChI is InChI=1S/C83H150O17P2/c1-5-9-13-17-21-25-29-33-37-38-42-44-48-52-56-60-64-68-81(86)94-74-79(100-83(88)70-66-62-58-54-50-46-41-36-32-28-24-20-16-12-8-4)76-98-102(91,92)96-72-77(84)71-95-101(89,90)97-75-78(99-82(87)69-65-61-57-53-49-45-40-35-31-27-23-19-15-11-7-3)73-93-80(85)67-63-59-55-51-47-43-39-34-30-26-22-18-14-10-6-2/h9-10,13-14,21-22,25-26,33-34,37,39,77-79,84H,5-8,11-12,15-20,23-24,27-32,35-36,38,40-76H2,1-4H3,(H,89,90)(H,91,92)/b13-9-,14-10-,25-21-,26-22-,37-33-,39-34-. The van der Waals surface area contributed by atoms with Crippen molar-refractivity contribution in [2.24, 2.45) is 0 Å². The van der Waals surface area contributed by atoms with Crippen LogP contribution in [0.1, 0.15) is 374 Å². The van der Waals surface area contributed by atoms with Gasteiger partial charge in [0, 0.05) is 25.7 Å². The number of phosphoric ester groups is 2. The fourth-order valence-electron chi connectivity index (χ4n) is 11.5. The lowest BCUT2D eigenvalue weighted by Gasteiger charge is -2.21. The van der Waals surface area contributed by atoms with E-state index in [1.165, 1.54) is 128 Å². The fraction of sp³-hybridized carbons (Fsp3) is 0.807. The number of allylic oxidation sites excluding steroid dienone is 12. The van der Waals surface area contributed by atoms with Crippen LogP contribution < -0.4 is 0 Å². The van der Waals surface area contributed by atoms with Crippen LogP contribution in [0.2, 0.25) is 0 Å². The maximum Gasteiger partial charge on any atom is 0.472 e. The lowest BCUT2D eigenvalue weighted by Crippen LogP contribution is -2.30. The minimum absolute atomic E-state index is 0.0972. The number of rotatable bonds is 78. The number of esters is 4. The molecule has 0 aromatic rings. The van der Waals surface area contributed by atoms with E-state index in [-0.39, 0.29) is 25.7 Å². The van der Waals surface area contributed by atoms with E-state index in [1.54, 1.807) is 0 Å². The molecule has 0 heterocycles. The van der Waals surface area contributed by atoms with E-state index in [2.05, 4.69) is 101 Å². The van der Waals surface area contributed by atoms with Crippen molar-refractivity contribution in [3.8, 4) is 0 Å². The van der Waals surface area contributed by atoms with Crippen LogP contribution in [0.15, 0.2) is 72.9 Å². The molecule has 0 aliphatic rings. The second kappa shape index (κ2) is 75.7. The molecule has 0 bridgehead atoms. The lowest BCUT2D eigenvalue weighted by atomic mass is 10.0. The monoisotopic (exact) mass is 1480 g/mol. The molecule has 594 valence electrons. The van der Waals surface area contributed by atoms with Crippen molar-refractivity contribution in [1.29, 1.82) is 0 Å². The molecule has 102 heavy (non-hydrogen) atoms. The summed E-state index contributed by atoms with van der Waals surface area (Å²) in [6.07, 6.45) is 77.2. The maximum absolute atomic E-state index is 13.1. The van der Waals surface area contributed by atoms with E-state index in [0.29, 0.717) is 25.7 Å². The highest BCUT2D eigenvalue weighted by Crippen LogP contribution is 2.45. The molecular formula is C83H150O17P2. The summed E-state index contributed by atoms with van der Waals surface area (Å²) >= 11 is 0. The average molecular weight is 1480 g/mol. The van der Waals surface area contributed by atoms with Gasteiger partial charge in [-0.15, -0.1) is 0 Å². The highest BCUT2D eigenvalue weighted by molar-refractivity contribution is 7.47. The second-order valence-electron chi connectivity index (χ2n) is 27.7. The summed E-state index contributed by atoms with van der Waals surface area (Å²) in [6.45, 7) is 4.72. The normalized spacial score (nSPS) is 14.2. The smallest absolute Gasteiger partial charge is 0.462 e. The van der Waals surface area contributed by atoms with Gasteiger partial charge in [-0.25, -0.2) is 9.13 Å². The topological polar surface area (TPSA) is 237 Å². The van der Waals surface area contributed by atoms with Gasteiger partial charge in [0.15, 0.2) is 12.2 Å². The summed E-state index contributed by atoms with van der Waals surface area (Å²) < 4.78 is 68.7. The van der Waals surface area contributed by atoms with Gasteiger partial charge in [-0.3, -0.25) is 37.3 Å². The van der Waals surface area contributed by atoms with E-state index in [1.807, 2.05) is 0 Å². The summed E-state index contributed by atoms with van der Waals surface area (Å²) in [7, 11) is -9.95. The van der Waals surface area contributed by atoms with Gasteiger partial charge in [0.2, 0.25) is 0 Å². The number of aliphatic hydroxyl groups excluding tert-OH is 1. The third-order valence-corrected chi connectivity index (χ3v) is 19.6. The Kier molecular flexibility index (Phi) is 73.1. The first-order chi connectivity index (χ1) is 49.7. The maximum atomic E-state index is 13.1. The van der Waals surface area contributed by atoms with Gasteiger partial charge < -0.3 is 33.8 Å². The minimum Gasteiger partial charge on any atom is -0.462 e. The summed E-state index contributed by atoms with van der Waals surface area (Å²) in [5.74, 6) is -2.17. The predicted molar refractivity (Wildman–Crippen MR) is 418 cm³/mol. The van der Waals surface area contributed by atoms with E-state index < -0.39 is 97.5 Å². The number of aliphatic hydroxyl groups is 1. The third kappa shape index (κ3) is 74.8. The van der Waals surface area contributed by atoms with Crippen molar-refractivity contribution in [3.63, 3.8) is 0 Å². The summed E-state index contributed by atoms with van der Waals surface area (Å²) in [5.41, 5.74) is 0. The Balaban J connectivity index is 5.33. The quantitative estimate of drug-likeness (QED) is 0.0169. The van der Waals surface area contributed by atoms with Gasteiger partial charge in [-0.1, -0.05) is 332 Å². The van der Waals surface area contributed by atoms with Crippen LogP contribution in [0.25, 0.3) is 0 Å². The zero-order chi connectivity index (χ0) is 74.6. The minimum atomic E-state index is -4.97. The predicted octanol–water partition coefficient (Wildman–Crippen LogP) is 24.0. The third-order valence-electron chi connectivity index (χ3n) is 17.7. The molecule has 0 aromatic heterocycles. The van der Waals surface area contributed by atoms with Crippen molar-refractivity contribution >= 4 is 39.5 Å². The summed E-state index contributed by atoms with van der Waals surface area (Å²) in [6, 6.07) is 0. The Hall–Kier alpha value is -3.50. The molecule has 0 saturated carbocycles. The Labute approximate surface area is 622 Å². The Morgan fingerprint density at radius 2 is 0.510 bits per heavy atom. The number of hydrogen-bond acceptors (Lipinski definition) is 15. The van der Waals surface area contributed by atoms with E-state index in [9.17, 15) is 43.2 Å². The Bertz CT molecular complexity index is 2210. The zero-order valence-electron chi connectivity index (χ0n) is 65.0. The Morgan fingerprint density at radius 3 is 0.784 bits per heavy atom. The number of unbranched alkanes of at least 4 members (excludes halogenated alkanes) is 40. The van der Waals surface area contributed by atoms with Gasteiger partial charge in [0.05, 0.1) is 26.4 Å². The van der Waals surface area contributed by atoms with Gasteiger partial charge in [0.25, 0.3) is 0 Å². The van der Waals surface area contributed by atoms with Crippen molar-refractivity contribution in [1.82, 2.24) is 0 Å². The van der Waals surface area contributed by atoms with Crippen molar-refractivity contribution in [2.45, 2.75) is 393 Å². The van der Waals surface area contributed by atoms with Crippen molar-refractivity contribution in [2.75, 3.05) is 39.6 Å². The number of ether oxygens (including phenoxy) is 4. The van der Waals surface area contributed by atoms with E-state index in [4.69, 9.17) is 37.0 Å². The molecule has 0 amide bonds. The molecule has 0 rings (SSSR count). The van der Waals surface area contributed by atoms with Crippen LogP contribution in [0.5, 0.6) is 0 Å². The largest absolute Gasteiger partial charge is 0.472 e. The van der Waals surface area contributed by atoms with Crippen LogP contribution in [0.4, 0.5) is 0 Å². The number of phosphoric acid groups is 2. The van der Waals surface area contributed by atoms with E-state index in [0.717, 1.165) is 167 Å². The molecule has 5 unspecified atom stereocenters.